The maximum Gasteiger partial charge on any atom is 0.306 e. The monoisotopic (exact) mass is 235 g/mol. The number of benzene rings is 1. The van der Waals surface area contributed by atoms with Crippen LogP contribution in [0.15, 0.2) is 24.3 Å². The molecule has 0 aromatic heterocycles. The molecule has 0 heterocycles. The zero-order valence-corrected chi connectivity index (χ0v) is 10.1. The van der Waals surface area contributed by atoms with Crippen molar-refractivity contribution < 1.29 is 14.3 Å². The van der Waals surface area contributed by atoms with Crippen LogP contribution in [0.25, 0.3) is 0 Å². The summed E-state index contributed by atoms with van der Waals surface area (Å²) in [5.74, 6) is -0.792. The number of rotatable bonds is 5. The fraction of sp³-hybridized carbons (Fsp3) is 0.385. The number of nitrogens with two attached hydrogens (primary N) is 1. The van der Waals surface area contributed by atoms with Gasteiger partial charge in [-0.05, 0) is 31.2 Å². The molecule has 0 fully saturated rings. The number of ether oxygens (including phenoxy) is 1. The number of esters is 1. The molecule has 0 bridgehead atoms. The zero-order valence-electron chi connectivity index (χ0n) is 10.1. The molecule has 2 N–H and O–H groups in total. The van der Waals surface area contributed by atoms with Gasteiger partial charge in [-0.15, -0.1) is 0 Å². The number of carbonyl (C=O) groups excluding carboxylic acids is 2. The van der Waals surface area contributed by atoms with Gasteiger partial charge in [0.05, 0.1) is 13.0 Å². The van der Waals surface area contributed by atoms with Crippen molar-refractivity contribution >= 4 is 17.4 Å². The van der Waals surface area contributed by atoms with E-state index in [0.717, 1.165) is 0 Å². The molecule has 1 aromatic rings. The quantitative estimate of drug-likeness (QED) is 0.481. The third kappa shape index (κ3) is 3.90. The Balaban J connectivity index is 2.63. The van der Waals surface area contributed by atoms with Crippen molar-refractivity contribution in [2.45, 2.75) is 20.3 Å². The van der Waals surface area contributed by atoms with Crippen LogP contribution < -0.4 is 5.73 Å². The Bertz CT molecular complexity index is 398. The summed E-state index contributed by atoms with van der Waals surface area (Å²) in [6.07, 6.45) is 0.108. The van der Waals surface area contributed by atoms with E-state index in [-0.39, 0.29) is 24.1 Å². The standard InChI is InChI=1S/C13H17NO3/c1-3-17-12(15)8-9(2)13(16)10-4-6-11(14)7-5-10/h4-7,9H,3,8,14H2,1-2H3/t9-/m0/s1. The Morgan fingerprint density at radius 1 is 1.29 bits per heavy atom. The zero-order chi connectivity index (χ0) is 12.8. The second kappa shape index (κ2) is 6.03. The van der Waals surface area contributed by atoms with Crippen LogP contribution in [0.4, 0.5) is 5.69 Å². The normalized spacial score (nSPS) is 11.9. The Morgan fingerprint density at radius 2 is 1.88 bits per heavy atom. The summed E-state index contributed by atoms with van der Waals surface area (Å²) in [7, 11) is 0. The van der Waals surface area contributed by atoms with Gasteiger partial charge in [0.25, 0.3) is 0 Å². The summed E-state index contributed by atoms with van der Waals surface area (Å²) in [5.41, 5.74) is 6.71. The number of Topliss-reactive ketones (excluding diaryl/α,β-unsaturated/α-hetero) is 1. The Kier molecular flexibility index (Phi) is 4.69. The average molecular weight is 235 g/mol. The van der Waals surface area contributed by atoms with E-state index in [1.165, 1.54) is 0 Å². The van der Waals surface area contributed by atoms with Gasteiger partial charge in [-0.25, -0.2) is 0 Å². The van der Waals surface area contributed by atoms with Crippen LogP contribution in [0.5, 0.6) is 0 Å². The van der Waals surface area contributed by atoms with Crippen LogP contribution in [-0.4, -0.2) is 18.4 Å². The summed E-state index contributed by atoms with van der Waals surface area (Å²) in [6.45, 7) is 3.79. The summed E-state index contributed by atoms with van der Waals surface area (Å²) in [4.78, 5) is 23.2. The molecule has 0 unspecified atom stereocenters. The van der Waals surface area contributed by atoms with Crippen LogP contribution in [0, 0.1) is 5.92 Å². The summed E-state index contributed by atoms with van der Waals surface area (Å²) >= 11 is 0. The summed E-state index contributed by atoms with van der Waals surface area (Å²) in [6, 6.07) is 6.67. The van der Waals surface area contributed by atoms with Gasteiger partial charge >= 0.3 is 5.97 Å². The van der Waals surface area contributed by atoms with Crippen molar-refractivity contribution in [2.24, 2.45) is 5.92 Å². The van der Waals surface area contributed by atoms with Gasteiger partial charge in [0.2, 0.25) is 0 Å². The van der Waals surface area contributed by atoms with Crippen molar-refractivity contribution in [3.8, 4) is 0 Å². The van der Waals surface area contributed by atoms with Gasteiger partial charge in [0, 0.05) is 17.2 Å². The van der Waals surface area contributed by atoms with E-state index in [9.17, 15) is 9.59 Å². The predicted octanol–water partition coefficient (Wildman–Crippen LogP) is 2.04. The SMILES string of the molecule is CCOC(=O)C[C@H](C)C(=O)c1ccc(N)cc1. The molecule has 4 nitrogen and oxygen atoms in total. The Morgan fingerprint density at radius 3 is 2.41 bits per heavy atom. The van der Waals surface area contributed by atoms with Crippen LogP contribution in [0.1, 0.15) is 30.6 Å². The molecule has 1 aromatic carbocycles. The largest absolute Gasteiger partial charge is 0.466 e. The van der Waals surface area contributed by atoms with Crippen LogP contribution in [0.2, 0.25) is 0 Å². The Hall–Kier alpha value is -1.84. The fourth-order valence-electron chi connectivity index (χ4n) is 1.49. The lowest BCUT2D eigenvalue weighted by atomic mass is 9.96. The highest BCUT2D eigenvalue weighted by Crippen LogP contribution is 2.14. The second-order valence-corrected chi connectivity index (χ2v) is 3.90. The van der Waals surface area contributed by atoms with Gasteiger partial charge in [-0.3, -0.25) is 9.59 Å². The van der Waals surface area contributed by atoms with Crippen LogP contribution in [-0.2, 0) is 9.53 Å². The second-order valence-electron chi connectivity index (χ2n) is 3.90. The van der Waals surface area contributed by atoms with Crippen molar-refractivity contribution in [1.82, 2.24) is 0 Å². The molecule has 0 aliphatic rings. The molecule has 4 heteroatoms. The number of anilines is 1. The smallest absolute Gasteiger partial charge is 0.306 e. The molecule has 1 atom stereocenters. The first kappa shape index (κ1) is 13.2. The third-order valence-corrected chi connectivity index (χ3v) is 2.42. The molecule has 0 saturated carbocycles. The lowest BCUT2D eigenvalue weighted by molar-refractivity contribution is -0.143. The molecule has 0 spiro atoms. The first-order valence-corrected chi connectivity index (χ1v) is 5.60. The molecule has 0 aliphatic heterocycles. The summed E-state index contributed by atoms with van der Waals surface area (Å²) < 4.78 is 4.81. The van der Waals surface area contributed by atoms with Crippen molar-refractivity contribution in [1.29, 1.82) is 0 Å². The number of ketones is 1. The molecule has 0 saturated heterocycles. The average Bonchev–Trinajstić information content (AvgIpc) is 2.29. The number of hydrogen-bond donors (Lipinski definition) is 1. The van der Waals surface area contributed by atoms with Gasteiger partial charge in [0.1, 0.15) is 0 Å². The number of hydrogen-bond acceptors (Lipinski definition) is 4. The van der Waals surface area contributed by atoms with Crippen molar-refractivity contribution in [3.05, 3.63) is 29.8 Å². The molecular weight excluding hydrogens is 218 g/mol. The number of carbonyl (C=O) groups is 2. The highest BCUT2D eigenvalue weighted by atomic mass is 16.5. The van der Waals surface area contributed by atoms with Crippen molar-refractivity contribution in [2.75, 3.05) is 12.3 Å². The van der Waals surface area contributed by atoms with Gasteiger partial charge in [-0.1, -0.05) is 6.92 Å². The topological polar surface area (TPSA) is 69.4 Å². The van der Waals surface area contributed by atoms with E-state index in [0.29, 0.717) is 17.9 Å². The van der Waals surface area contributed by atoms with E-state index < -0.39 is 0 Å². The summed E-state index contributed by atoms with van der Waals surface area (Å²) in [5, 5.41) is 0. The maximum atomic E-state index is 11.9. The first-order valence-electron chi connectivity index (χ1n) is 5.60. The molecule has 92 valence electrons. The van der Waals surface area contributed by atoms with E-state index in [1.54, 1.807) is 38.1 Å². The molecule has 0 amide bonds. The minimum absolute atomic E-state index is 0.0712. The molecule has 1 rings (SSSR count). The minimum atomic E-state index is -0.377. The van der Waals surface area contributed by atoms with Crippen LogP contribution >= 0.6 is 0 Å². The van der Waals surface area contributed by atoms with E-state index >= 15 is 0 Å². The van der Waals surface area contributed by atoms with Gasteiger partial charge in [-0.2, -0.15) is 0 Å². The predicted molar refractivity (Wildman–Crippen MR) is 65.6 cm³/mol. The van der Waals surface area contributed by atoms with E-state index in [4.69, 9.17) is 10.5 Å². The molecular formula is C13H17NO3. The lowest BCUT2D eigenvalue weighted by Gasteiger charge is -2.09. The Labute approximate surface area is 101 Å². The van der Waals surface area contributed by atoms with Gasteiger partial charge in [0.15, 0.2) is 5.78 Å². The minimum Gasteiger partial charge on any atom is -0.466 e. The lowest BCUT2D eigenvalue weighted by Crippen LogP contribution is -2.17. The first-order chi connectivity index (χ1) is 8.04. The maximum absolute atomic E-state index is 11.9. The molecule has 0 aliphatic carbocycles. The van der Waals surface area contributed by atoms with Gasteiger partial charge < -0.3 is 10.5 Å². The highest BCUT2D eigenvalue weighted by molar-refractivity contribution is 5.99. The highest BCUT2D eigenvalue weighted by Gasteiger charge is 2.19. The molecule has 17 heavy (non-hydrogen) atoms. The molecule has 0 radical (unpaired) electrons. The fourth-order valence-corrected chi connectivity index (χ4v) is 1.49. The van der Waals surface area contributed by atoms with E-state index in [1.807, 2.05) is 0 Å². The van der Waals surface area contributed by atoms with Crippen LogP contribution in [0.3, 0.4) is 0 Å². The van der Waals surface area contributed by atoms with E-state index in [2.05, 4.69) is 0 Å². The third-order valence-electron chi connectivity index (χ3n) is 2.42. The van der Waals surface area contributed by atoms with Crippen molar-refractivity contribution in [3.63, 3.8) is 0 Å². The number of nitrogen functional groups attached to an aromatic ring is 1.